The van der Waals surface area contributed by atoms with E-state index < -0.39 is 0 Å². The van der Waals surface area contributed by atoms with Crippen molar-refractivity contribution in [2.45, 2.75) is 0 Å². The Labute approximate surface area is 423 Å². The minimum Gasteiger partial charge on any atom is -0.192 e. The van der Waals surface area contributed by atoms with Crippen molar-refractivity contribution in [1.29, 1.82) is 21.0 Å². The number of hydrogen-bond acceptors (Lipinski definition) is 4. The standard InChI is InChI=1S/C70H32N4/c71-33-41-25-43(35-73)67(69-45-15-3-1-9-37(45)21-23-47(41)69)63-31-59-58-28-54-50-18-6-12-40-14-8-20-52(66(40)50)56(54)30-62(58)64(68-44(36-74)26-42(34-72)48-24-22-38-10-2-4-16-46(38)70(48)68)32-60(59)57-27-53-49-17-5-11-39-13-7-19-51(65(39)49)55(53)29-61(57)63/h1-32H. The smallest absolute Gasteiger partial charge is 0.0998 e. The van der Waals surface area contributed by atoms with Crippen LogP contribution in [0.3, 0.4) is 0 Å². The summed E-state index contributed by atoms with van der Waals surface area (Å²) < 4.78 is 0. The van der Waals surface area contributed by atoms with E-state index in [2.05, 4.69) is 170 Å². The normalized spacial score (nSPS) is 12.0. The fraction of sp³-hybridized carbons (Fsp3) is 0. The highest BCUT2D eigenvalue weighted by Crippen LogP contribution is 2.56. The fourth-order valence-corrected chi connectivity index (χ4v) is 13.3. The molecule has 0 aromatic heterocycles. The van der Waals surface area contributed by atoms with Crippen molar-refractivity contribution in [1.82, 2.24) is 0 Å². The minimum atomic E-state index is 0.426. The summed E-state index contributed by atoms with van der Waals surface area (Å²) in [5.41, 5.74) is 14.3. The number of nitrogens with zero attached hydrogens (tertiary/aromatic N) is 4. The van der Waals surface area contributed by atoms with Gasteiger partial charge in [0.2, 0.25) is 0 Å². The van der Waals surface area contributed by atoms with Gasteiger partial charge in [-0.1, -0.05) is 146 Å². The molecule has 16 rings (SSSR count). The second kappa shape index (κ2) is 14.5. The van der Waals surface area contributed by atoms with Crippen LogP contribution >= 0.6 is 0 Å². The van der Waals surface area contributed by atoms with E-state index >= 15 is 0 Å². The summed E-state index contributed by atoms with van der Waals surface area (Å²) in [4.78, 5) is 0. The first-order valence-corrected chi connectivity index (χ1v) is 24.7. The van der Waals surface area contributed by atoms with E-state index in [4.69, 9.17) is 0 Å². The first kappa shape index (κ1) is 40.1. The Balaban J connectivity index is 1.17. The van der Waals surface area contributed by atoms with E-state index in [-0.39, 0.29) is 0 Å². The number of benzene rings is 14. The summed E-state index contributed by atoms with van der Waals surface area (Å²) in [6.07, 6.45) is 0. The summed E-state index contributed by atoms with van der Waals surface area (Å²) >= 11 is 0. The van der Waals surface area contributed by atoms with Crippen molar-refractivity contribution in [3.8, 4) is 91.0 Å². The van der Waals surface area contributed by atoms with Crippen LogP contribution in [-0.2, 0) is 0 Å². The Bertz CT molecular complexity index is 4900. The number of fused-ring (bicyclic) bond motifs is 17. The lowest BCUT2D eigenvalue weighted by atomic mass is 9.80. The summed E-state index contributed by atoms with van der Waals surface area (Å²) in [6, 6.07) is 78.4. The fourth-order valence-electron chi connectivity index (χ4n) is 13.3. The zero-order valence-corrected chi connectivity index (χ0v) is 39.3. The monoisotopic (exact) mass is 928 g/mol. The highest BCUT2D eigenvalue weighted by atomic mass is 14.3. The van der Waals surface area contributed by atoms with E-state index in [1.165, 1.54) is 32.7 Å². The topological polar surface area (TPSA) is 95.2 Å². The van der Waals surface area contributed by atoms with E-state index in [0.717, 1.165) is 131 Å². The molecule has 14 aromatic carbocycles. The molecule has 0 N–H and O–H groups in total. The predicted octanol–water partition coefficient (Wildman–Crippen LogP) is 18.2. The van der Waals surface area contributed by atoms with Crippen LogP contribution in [0.5, 0.6) is 0 Å². The SMILES string of the molecule is N#Cc1cc(C#N)c2ccc3ccccc3c2c1-c1cc2c3cc4c(cc3c(-c3c(C#N)cc(C#N)c5ccc6ccccc6c35)cc2c2cc3c(cc12)-c1cccc2cccc-3c12)-c1cccc2cccc-4c12. The molecule has 0 fully saturated rings. The molecule has 0 saturated carbocycles. The summed E-state index contributed by atoms with van der Waals surface area (Å²) in [7, 11) is 0. The summed E-state index contributed by atoms with van der Waals surface area (Å²) in [6.45, 7) is 0. The van der Waals surface area contributed by atoms with Crippen molar-refractivity contribution < 1.29 is 0 Å². The molecule has 2 aliphatic rings. The van der Waals surface area contributed by atoms with Crippen LogP contribution in [0.25, 0.3) is 164 Å². The lowest BCUT2D eigenvalue weighted by Crippen LogP contribution is -1.97. The lowest BCUT2D eigenvalue weighted by Gasteiger charge is -2.21. The van der Waals surface area contributed by atoms with Gasteiger partial charge in [0.1, 0.15) is 0 Å². The molecule has 0 bridgehead atoms. The molecule has 74 heavy (non-hydrogen) atoms. The molecule has 14 aromatic rings. The van der Waals surface area contributed by atoms with Crippen molar-refractivity contribution in [2.75, 3.05) is 0 Å². The van der Waals surface area contributed by atoms with Gasteiger partial charge in [0.05, 0.1) is 46.5 Å². The number of hydrogen-bond donors (Lipinski definition) is 0. The van der Waals surface area contributed by atoms with Gasteiger partial charge in [-0.3, -0.25) is 0 Å². The molecule has 0 radical (unpaired) electrons. The van der Waals surface area contributed by atoms with E-state index in [1.807, 2.05) is 36.4 Å². The average molecular weight is 929 g/mol. The number of nitriles is 4. The molecule has 332 valence electrons. The van der Waals surface area contributed by atoms with E-state index in [1.54, 1.807) is 12.1 Å². The quantitative estimate of drug-likeness (QED) is 0.161. The Morgan fingerprint density at radius 1 is 0.203 bits per heavy atom. The lowest BCUT2D eigenvalue weighted by molar-refractivity contribution is 1.47. The largest absolute Gasteiger partial charge is 0.192 e. The van der Waals surface area contributed by atoms with E-state index in [9.17, 15) is 21.0 Å². The maximum Gasteiger partial charge on any atom is 0.0998 e. The first-order valence-electron chi connectivity index (χ1n) is 24.7. The van der Waals surface area contributed by atoms with Gasteiger partial charge in [-0.15, -0.1) is 0 Å². The molecule has 0 atom stereocenters. The van der Waals surface area contributed by atoms with Gasteiger partial charge in [-0.2, -0.15) is 21.0 Å². The second-order valence-corrected chi connectivity index (χ2v) is 19.8. The van der Waals surface area contributed by atoms with Crippen LogP contribution in [0, 0.1) is 45.3 Å². The van der Waals surface area contributed by atoms with Gasteiger partial charge in [-0.05, 0) is 180 Å². The predicted molar refractivity (Wildman–Crippen MR) is 303 cm³/mol. The van der Waals surface area contributed by atoms with Gasteiger partial charge in [-0.25, -0.2) is 0 Å². The summed E-state index contributed by atoms with van der Waals surface area (Å²) in [5.74, 6) is 0. The van der Waals surface area contributed by atoms with Crippen LogP contribution in [0.4, 0.5) is 0 Å². The third-order valence-electron chi connectivity index (χ3n) is 16.4. The minimum absolute atomic E-state index is 0.426. The first-order chi connectivity index (χ1) is 36.5. The zero-order chi connectivity index (χ0) is 49.1. The van der Waals surface area contributed by atoms with Crippen LogP contribution in [0.2, 0.25) is 0 Å². The van der Waals surface area contributed by atoms with Crippen LogP contribution in [0.15, 0.2) is 194 Å². The van der Waals surface area contributed by atoms with Gasteiger partial charge in [0, 0.05) is 32.7 Å². The van der Waals surface area contributed by atoms with Gasteiger partial charge in [0.15, 0.2) is 0 Å². The molecule has 4 nitrogen and oxygen atoms in total. The Hall–Kier alpha value is -10.6. The van der Waals surface area contributed by atoms with Crippen molar-refractivity contribution >= 4 is 97.0 Å². The van der Waals surface area contributed by atoms with E-state index in [0.29, 0.717) is 22.3 Å². The summed E-state index contributed by atoms with van der Waals surface area (Å²) in [5, 5.41) is 62.0. The second-order valence-electron chi connectivity index (χ2n) is 19.8. The van der Waals surface area contributed by atoms with Crippen molar-refractivity contribution in [3.63, 3.8) is 0 Å². The van der Waals surface area contributed by atoms with Crippen molar-refractivity contribution in [3.05, 3.63) is 216 Å². The molecule has 0 unspecified atom stereocenters. The highest BCUT2D eigenvalue weighted by molar-refractivity contribution is 6.32. The van der Waals surface area contributed by atoms with Crippen LogP contribution in [-0.4, -0.2) is 0 Å². The Morgan fingerprint density at radius 2 is 0.527 bits per heavy atom. The molecule has 0 saturated heterocycles. The molecule has 0 spiro atoms. The average Bonchev–Trinajstić information content (AvgIpc) is 3.96. The molecule has 4 heteroatoms. The zero-order valence-electron chi connectivity index (χ0n) is 39.3. The van der Waals surface area contributed by atoms with Crippen molar-refractivity contribution in [2.24, 2.45) is 0 Å². The molecule has 0 heterocycles. The molecular formula is C70H32N4. The molecular weight excluding hydrogens is 897 g/mol. The maximum atomic E-state index is 11.3. The third kappa shape index (κ3) is 5.10. The van der Waals surface area contributed by atoms with Gasteiger partial charge in [0.25, 0.3) is 0 Å². The molecule has 0 aliphatic heterocycles. The van der Waals surface area contributed by atoms with Gasteiger partial charge < -0.3 is 0 Å². The van der Waals surface area contributed by atoms with Crippen LogP contribution < -0.4 is 0 Å². The molecule has 2 aliphatic carbocycles. The third-order valence-corrected chi connectivity index (χ3v) is 16.4. The highest BCUT2D eigenvalue weighted by Gasteiger charge is 2.29. The van der Waals surface area contributed by atoms with Crippen LogP contribution in [0.1, 0.15) is 22.3 Å². The maximum absolute atomic E-state index is 11.3. The van der Waals surface area contributed by atoms with Gasteiger partial charge >= 0.3 is 0 Å². The Kier molecular flexibility index (Phi) is 7.86. The number of rotatable bonds is 2. The Morgan fingerprint density at radius 3 is 0.905 bits per heavy atom. The molecule has 0 amide bonds.